The highest BCUT2D eigenvalue weighted by Crippen LogP contribution is 2.31. The number of carbonyl (C=O) groups is 1. The van der Waals surface area contributed by atoms with E-state index in [-0.39, 0.29) is 11.9 Å². The van der Waals surface area contributed by atoms with Gasteiger partial charge in [0.05, 0.1) is 11.7 Å². The van der Waals surface area contributed by atoms with Crippen molar-refractivity contribution < 1.29 is 4.79 Å². The van der Waals surface area contributed by atoms with Crippen LogP contribution in [-0.2, 0) is 4.79 Å². The molecule has 5 nitrogen and oxygen atoms in total. The highest BCUT2D eigenvalue weighted by molar-refractivity contribution is 5.74. The molecule has 0 spiro atoms. The molecule has 1 fully saturated rings. The molecule has 3 heterocycles. The lowest BCUT2D eigenvalue weighted by molar-refractivity contribution is -0.129. The number of hydrogen-bond donors (Lipinski definition) is 0. The van der Waals surface area contributed by atoms with Crippen LogP contribution in [0.4, 0.5) is 0 Å². The third kappa shape index (κ3) is 2.19. The monoisotopic (exact) mass is 270 g/mol. The van der Waals surface area contributed by atoms with Crippen LogP contribution in [0.15, 0.2) is 30.6 Å². The summed E-state index contributed by atoms with van der Waals surface area (Å²) >= 11 is 0. The van der Waals surface area contributed by atoms with Crippen LogP contribution >= 0.6 is 0 Å². The lowest BCUT2D eigenvalue weighted by Crippen LogP contribution is -2.28. The van der Waals surface area contributed by atoms with Gasteiger partial charge in [-0.15, -0.1) is 0 Å². The van der Waals surface area contributed by atoms with Crippen molar-refractivity contribution in [2.75, 3.05) is 6.54 Å². The molecule has 1 atom stereocenters. The molecule has 2 aromatic heterocycles. The molecule has 0 unspecified atom stereocenters. The Hall–Kier alpha value is -2.17. The molecule has 1 saturated heterocycles. The first-order chi connectivity index (χ1) is 9.66. The number of pyridine rings is 1. The van der Waals surface area contributed by atoms with Gasteiger partial charge in [-0.05, 0) is 31.9 Å². The van der Waals surface area contributed by atoms with Crippen LogP contribution in [-0.4, -0.2) is 31.9 Å². The van der Waals surface area contributed by atoms with Gasteiger partial charge >= 0.3 is 0 Å². The minimum atomic E-state index is 0.108. The Labute approximate surface area is 118 Å². The van der Waals surface area contributed by atoms with Gasteiger partial charge in [0.1, 0.15) is 11.6 Å². The van der Waals surface area contributed by atoms with E-state index in [1.165, 1.54) is 0 Å². The van der Waals surface area contributed by atoms with Crippen molar-refractivity contribution in [2.24, 2.45) is 0 Å². The molecular weight excluding hydrogens is 252 g/mol. The number of imidazole rings is 1. The Kier molecular flexibility index (Phi) is 3.26. The molecule has 3 rings (SSSR count). The Balaban J connectivity index is 1.96. The van der Waals surface area contributed by atoms with Crippen molar-refractivity contribution in [1.29, 1.82) is 0 Å². The second-order valence-corrected chi connectivity index (χ2v) is 5.14. The lowest BCUT2D eigenvalue weighted by Gasteiger charge is -2.23. The number of nitrogens with zero attached hydrogens (tertiary/aromatic N) is 4. The van der Waals surface area contributed by atoms with Crippen LogP contribution in [0.2, 0.25) is 0 Å². The molecular formula is C15H18N4O. The van der Waals surface area contributed by atoms with Crippen LogP contribution in [0.5, 0.6) is 0 Å². The van der Waals surface area contributed by atoms with E-state index in [4.69, 9.17) is 4.98 Å². The molecule has 0 aliphatic carbocycles. The van der Waals surface area contributed by atoms with Crippen LogP contribution in [0.3, 0.4) is 0 Å². The van der Waals surface area contributed by atoms with Gasteiger partial charge in [0.25, 0.3) is 0 Å². The molecule has 5 heteroatoms. The third-order valence-corrected chi connectivity index (χ3v) is 3.83. The summed E-state index contributed by atoms with van der Waals surface area (Å²) in [5.74, 6) is 1.89. The third-order valence-electron chi connectivity index (χ3n) is 3.83. The van der Waals surface area contributed by atoms with E-state index in [9.17, 15) is 4.79 Å². The second kappa shape index (κ2) is 5.07. The summed E-state index contributed by atoms with van der Waals surface area (Å²) in [5, 5.41) is 0. The highest BCUT2D eigenvalue weighted by atomic mass is 16.2. The van der Waals surface area contributed by atoms with Gasteiger partial charge in [-0.25, -0.2) is 9.97 Å². The van der Waals surface area contributed by atoms with Crippen molar-refractivity contribution in [3.8, 4) is 5.82 Å². The van der Waals surface area contributed by atoms with Crippen molar-refractivity contribution >= 4 is 5.91 Å². The lowest BCUT2D eigenvalue weighted by atomic mass is 10.1. The summed E-state index contributed by atoms with van der Waals surface area (Å²) in [5.41, 5.74) is 0.961. The second-order valence-electron chi connectivity index (χ2n) is 5.14. The quantitative estimate of drug-likeness (QED) is 0.841. The molecule has 0 radical (unpaired) electrons. The fraction of sp³-hybridized carbons (Fsp3) is 0.400. The number of amides is 1. The fourth-order valence-corrected chi connectivity index (χ4v) is 2.83. The Morgan fingerprint density at radius 1 is 1.40 bits per heavy atom. The van der Waals surface area contributed by atoms with Gasteiger partial charge in [-0.1, -0.05) is 6.07 Å². The van der Waals surface area contributed by atoms with Crippen molar-refractivity contribution in [3.63, 3.8) is 0 Å². The number of aromatic nitrogens is 3. The van der Waals surface area contributed by atoms with E-state index in [0.29, 0.717) is 0 Å². The van der Waals surface area contributed by atoms with E-state index >= 15 is 0 Å². The summed E-state index contributed by atoms with van der Waals surface area (Å²) in [7, 11) is 0. The molecule has 0 N–H and O–H groups in total. The molecule has 2 aromatic rings. The molecule has 0 aromatic carbocycles. The zero-order valence-electron chi connectivity index (χ0n) is 11.8. The Morgan fingerprint density at radius 3 is 2.95 bits per heavy atom. The SMILES string of the molecule is CC(=O)N1CCC[C@@H]1c1cccc(-n2ccnc2C)n1. The average molecular weight is 270 g/mol. The van der Waals surface area contributed by atoms with E-state index in [2.05, 4.69) is 4.98 Å². The minimum Gasteiger partial charge on any atom is -0.334 e. The normalized spacial score (nSPS) is 18.5. The number of carbonyl (C=O) groups excluding carboxylic acids is 1. The molecule has 104 valence electrons. The van der Waals surface area contributed by atoms with Crippen molar-refractivity contribution in [1.82, 2.24) is 19.4 Å². The predicted molar refractivity (Wildman–Crippen MR) is 75.5 cm³/mol. The van der Waals surface area contributed by atoms with Gasteiger partial charge in [0, 0.05) is 25.9 Å². The Morgan fingerprint density at radius 2 is 2.25 bits per heavy atom. The number of hydrogen-bond acceptors (Lipinski definition) is 3. The standard InChI is InChI=1S/C15H18N4O/c1-11-16-8-10-18(11)15-7-3-5-13(17-15)14-6-4-9-19(14)12(2)20/h3,5,7-8,10,14H,4,6,9H2,1-2H3/t14-/m1/s1. The van der Waals surface area contributed by atoms with E-state index < -0.39 is 0 Å². The highest BCUT2D eigenvalue weighted by Gasteiger charge is 2.28. The first kappa shape index (κ1) is 12.8. The summed E-state index contributed by atoms with van der Waals surface area (Å²) in [6.45, 7) is 4.41. The zero-order chi connectivity index (χ0) is 14.1. The van der Waals surface area contributed by atoms with E-state index in [1.54, 1.807) is 13.1 Å². The van der Waals surface area contributed by atoms with Crippen molar-refractivity contribution in [3.05, 3.63) is 42.1 Å². The summed E-state index contributed by atoms with van der Waals surface area (Å²) in [4.78, 5) is 22.5. The number of likely N-dealkylation sites (tertiary alicyclic amines) is 1. The van der Waals surface area contributed by atoms with E-state index in [1.807, 2.05) is 40.8 Å². The van der Waals surface area contributed by atoms with Crippen molar-refractivity contribution in [2.45, 2.75) is 32.7 Å². The number of rotatable bonds is 2. The Bertz CT molecular complexity index is 634. The van der Waals surface area contributed by atoms with Gasteiger partial charge in [-0.2, -0.15) is 0 Å². The smallest absolute Gasteiger partial charge is 0.220 e. The predicted octanol–water partition coefficient (Wildman–Crippen LogP) is 2.26. The number of aryl methyl sites for hydroxylation is 1. The summed E-state index contributed by atoms with van der Waals surface area (Å²) in [6, 6.07) is 6.07. The first-order valence-electron chi connectivity index (χ1n) is 6.91. The fourth-order valence-electron chi connectivity index (χ4n) is 2.83. The maximum atomic E-state index is 11.7. The first-order valence-corrected chi connectivity index (χ1v) is 6.91. The van der Waals surface area contributed by atoms with Gasteiger partial charge in [-0.3, -0.25) is 9.36 Å². The molecule has 20 heavy (non-hydrogen) atoms. The molecule has 0 saturated carbocycles. The van der Waals surface area contributed by atoms with Gasteiger partial charge in [0.15, 0.2) is 0 Å². The molecule has 0 bridgehead atoms. The van der Waals surface area contributed by atoms with Gasteiger partial charge < -0.3 is 4.90 Å². The minimum absolute atomic E-state index is 0.108. The maximum Gasteiger partial charge on any atom is 0.220 e. The summed E-state index contributed by atoms with van der Waals surface area (Å²) < 4.78 is 1.95. The maximum absolute atomic E-state index is 11.7. The van der Waals surface area contributed by atoms with E-state index in [0.717, 1.165) is 36.7 Å². The van der Waals surface area contributed by atoms with Crippen LogP contribution in [0, 0.1) is 6.92 Å². The molecule has 1 aliphatic heterocycles. The van der Waals surface area contributed by atoms with Crippen LogP contribution in [0.1, 0.15) is 37.3 Å². The zero-order valence-corrected chi connectivity index (χ0v) is 11.8. The van der Waals surface area contributed by atoms with Crippen LogP contribution in [0.25, 0.3) is 5.82 Å². The average Bonchev–Trinajstić information content (AvgIpc) is 3.07. The largest absolute Gasteiger partial charge is 0.334 e. The molecule has 1 aliphatic rings. The van der Waals surface area contributed by atoms with Gasteiger partial charge in [0.2, 0.25) is 5.91 Å². The molecule has 1 amide bonds. The summed E-state index contributed by atoms with van der Waals surface area (Å²) in [6.07, 6.45) is 5.69. The topological polar surface area (TPSA) is 51.0 Å². The van der Waals surface area contributed by atoms with Crippen LogP contribution < -0.4 is 0 Å².